The molecule has 0 bridgehead atoms. The predicted molar refractivity (Wildman–Crippen MR) is 68.6 cm³/mol. The van der Waals surface area contributed by atoms with Gasteiger partial charge in [-0.25, -0.2) is 0 Å². The third kappa shape index (κ3) is 1.64. The summed E-state index contributed by atoms with van der Waals surface area (Å²) in [4.78, 5) is 2.37. The van der Waals surface area contributed by atoms with Crippen LogP contribution in [0.1, 0.15) is 24.8 Å². The van der Waals surface area contributed by atoms with Crippen molar-refractivity contribution in [2.75, 3.05) is 23.7 Å². The van der Waals surface area contributed by atoms with Gasteiger partial charge in [0.05, 0.1) is 16.9 Å². The zero-order valence-corrected chi connectivity index (χ0v) is 9.89. The second-order valence-corrected chi connectivity index (χ2v) is 5.21. The molecule has 1 heterocycles. The molecule has 17 heavy (non-hydrogen) atoms. The maximum Gasteiger partial charge on any atom is 0.101 e. The quantitative estimate of drug-likeness (QED) is 0.749. The SMILES string of the molecule is N#Cc1cccc(N2CC3CCCC3C2)c1N. The number of anilines is 2. The molecule has 1 saturated carbocycles. The van der Waals surface area contributed by atoms with Gasteiger partial charge in [0, 0.05) is 13.1 Å². The van der Waals surface area contributed by atoms with Crippen molar-refractivity contribution in [2.45, 2.75) is 19.3 Å². The molecule has 0 radical (unpaired) electrons. The van der Waals surface area contributed by atoms with Crippen LogP contribution in [0, 0.1) is 23.2 Å². The van der Waals surface area contributed by atoms with E-state index >= 15 is 0 Å². The van der Waals surface area contributed by atoms with Crippen LogP contribution in [0.15, 0.2) is 18.2 Å². The van der Waals surface area contributed by atoms with Gasteiger partial charge in [0.2, 0.25) is 0 Å². The van der Waals surface area contributed by atoms with Crippen LogP contribution < -0.4 is 10.6 Å². The summed E-state index contributed by atoms with van der Waals surface area (Å²) >= 11 is 0. The molecule has 0 spiro atoms. The first-order chi connectivity index (χ1) is 8.29. The Morgan fingerprint density at radius 1 is 1.24 bits per heavy atom. The van der Waals surface area contributed by atoms with Gasteiger partial charge in [-0.2, -0.15) is 5.26 Å². The predicted octanol–water partition coefficient (Wildman–Crippen LogP) is 2.38. The monoisotopic (exact) mass is 227 g/mol. The highest BCUT2D eigenvalue weighted by Crippen LogP contribution is 2.41. The lowest BCUT2D eigenvalue weighted by molar-refractivity contribution is 0.494. The van der Waals surface area contributed by atoms with E-state index in [0.29, 0.717) is 11.3 Å². The van der Waals surface area contributed by atoms with Crippen LogP contribution in [-0.4, -0.2) is 13.1 Å². The highest BCUT2D eigenvalue weighted by Gasteiger charge is 2.36. The molecular formula is C14H17N3. The van der Waals surface area contributed by atoms with Crippen LogP contribution in [0.3, 0.4) is 0 Å². The molecule has 0 amide bonds. The molecule has 2 N–H and O–H groups in total. The average Bonchev–Trinajstić information content (AvgIpc) is 2.89. The van der Waals surface area contributed by atoms with E-state index in [1.54, 1.807) is 6.07 Å². The van der Waals surface area contributed by atoms with Crippen LogP contribution in [-0.2, 0) is 0 Å². The Hall–Kier alpha value is -1.69. The van der Waals surface area contributed by atoms with Gasteiger partial charge in [0.1, 0.15) is 6.07 Å². The number of rotatable bonds is 1. The largest absolute Gasteiger partial charge is 0.396 e. The van der Waals surface area contributed by atoms with Crippen molar-refractivity contribution in [3.8, 4) is 6.07 Å². The Labute approximate surface area is 102 Å². The van der Waals surface area contributed by atoms with Crippen molar-refractivity contribution in [1.29, 1.82) is 5.26 Å². The molecule has 3 rings (SSSR count). The van der Waals surface area contributed by atoms with E-state index in [1.807, 2.05) is 12.1 Å². The summed E-state index contributed by atoms with van der Waals surface area (Å²) in [7, 11) is 0. The molecule has 2 fully saturated rings. The number of fused-ring (bicyclic) bond motifs is 1. The summed E-state index contributed by atoms with van der Waals surface area (Å²) in [6, 6.07) is 7.91. The van der Waals surface area contributed by atoms with Crippen molar-refractivity contribution >= 4 is 11.4 Å². The first-order valence-corrected chi connectivity index (χ1v) is 6.33. The van der Waals surface area contributed by atoms with Gasteiger partial charge in [-0.1, -0.05) is 12.5 Å². The van der Waals surface area contributed by atoms with Gasteiger partial charge in [0.25, 0.3) is 0 Å². The third-order valence-electron chi connectivity index (χ3n) is 4.27. The second-order valence-electron chi connectivity index (χ2n) is 5.21. The number of hydrogen-bond acceptors (Lipinski definition) is 3. The molecule has 88 valence electrons. The number of nitrogens with zero attached hydrogens (tertiary/aromatic N) is 2. The van der Waals surface area contributed by atoms with E-state index in [9.17, 15) is 0 Å². The molecule has 2 unspecified atom stereocenters. The van der Waals surface area contributed by atoms with Crippen molar-refractivity contribution in [3.63, 3.8) is 0 Å². The number of benzene rings is 1. The number of hydrogen-bond donors (Lipinski definition) is 1. The maximum absolute atomic E-state index is 9.00. The Morgan fingerprint density at radius 2 is 1.94 bits per heavy atom. The number of nitrogens with two attached hydrogens (primary N) is 1. The minimum Gasteiger partial charge on any atom is -0.396 e. The first kappa shape index (κ1) is 10.5. The summed E-state index contributed by atoms with van der Waals surface area (Å²) < 4.78 is 0. The summed E-state index contributed by atoms with van der Waals surface area (Å²) in [6.07, 6.45) is 4.11. The van der Waals surface area contributed by atoms with Crippen LogP contribution in [0.4, 0.5) is 11.4 Å². The molecule has 3 heteroatoms. The van der Waals surface area contributed by atoms with Gasteiger partial charge in [-0.05, 0) is 36.8 Å². The van der Waals surface area contributed by atoms with E-state index < -0.39 is 0 Å². The Kier molecular flexibility index (Phi) is 2.44. The van der Waals surface area contributed by atoms with Crippen molar-refractivity contribution < 1.29 is 0 Å². The lowest BCUT2D eigenvalue weighted by atomic mass is 10.0. The fourth-order valence-electron chi connectivity index (χ4n) is 3.36. The van der Waals surface area contributed by atoms with E-state index in [1.165, 1.54) is 19.3 Å². The summed E-state index contributed by atoms with van der Waals surface area (Å²) in [5.74, 6) is 1.69. The molecule has 1 aliphatic carbocycles. The van der Waals surface area contributed by atoms with E-state index in [2.05, 4.69) is 11.0 Å². The van der Waals surface area contributed by atoms with Crippen LogP contribution in [0.25, 0.3) is 0 Å². The van der Waals surface area contributed by atoms with Crippen LogP contribution in [0.5, 0.6) is 0 Å². The van der Waals surface area contributed by atoms with Gasteiger partial charge >= 0.3 is 0 Å². The van der Waals surface area contributed by atoms with E-state index in [0.717, 1.165) is 30.6 Å². The molecule has 3 nitrogen and oxygen atoms in total. The molecule has 1 saturated heterocycles. The zero-order chi connectivity index (χ0) is 11.8. The Bertz CT molecular complexity index is 463. The van der Waals surface area contributed by atoms with Crippen LogP contribution in [0.2, 0.25) is 0 Å². The Morgan fingerprint density at radius 3 is 2.59 bits per heavy atom. The zero-order valence-electron chi connectivity index (χ0n) is 9.89. The van der Waals surface area contributed by atoms with Gasteiger partial charge in [0.15, 0.2) is 0 Å². The summed E-state index contributed by atoms with van der Waals surface area (Å²) in [5.41, 5.74) is 8.36. The van der Waals surface area contributed by atoms with Crippen molar-refractivity contribution in [3.05, 3.63) is 23.8 Å². The van der Waals surface area contributed by atoms with Gasteiger partial charge in [-0.3, -0.25) is 0 Å². The maximum atomic E-state index is 9.00. The number of para-hydroxylation sites is 1. The van der Waals surface area contributed by atoms with Crippen molar-refractivity contribution in [2.24, 2.45) is 11.8 Å². The van der Waals surface area contributed by atoms with Crippen LogP contribution >= 0.6 is 0 Å². The average molecular weight is 227 g/mol. The highest BCUT2D eigenvalue weighted by atomic mass is 15.2. The van der Waals surface area contributed by atoms with Gasteiger partial charge < -0.3 is 10.6 Å². The lowest BCUT2D eigenvalue weighted by Crippen LogP contribution is -2.22. The van der Waals surface area contributed by atoms with Crippen molar-refractivity contribution in [1.82, 2.24) is 0 Å². The smallest absolute Gasteiger partial charge is 0.101 e. The first-order valence-electron chi connectivity index (χ1n) is 6.33. The molecule has 2 atom stereocenters. The van der Waals surface area contributed by atoms with Gasteiger partial charge in [-0.15, -0.1) is 0 Å². The molecule has 1 aromatic rings. The normalized spacial score (nSPS) is 26.9. The summed E-state index contributed by atoms with van der Waals surface area (Å²) in [5, 5.41) is 9.00. The second kappa shape index (κ2) is 3.96. The molecular weight excluding hydrogens is 210 g/mol. The number of nitrogen functional groups attached to an aromatic ring is 1. The number of nitriles is 1. The molecule has 1 aliphatic heterocycles. The minimum absolute atomic E-state index is 0.597. The standard InChI is InChI=1S/C14H17N3/c15-7-10-3-2-6-13(14(10)16)17-8-11-4-1-5-12(11)9-17/h2-3,6,11-12H,1,4-5,8-9,16H2. The fraction of sp³-hybridized carbons (Fsp3) is 0.500. The molecule has 0 aromatic heterocycles. The molecule has 1 aromatic carbocycles. The van der Waals surface area contributed by atoms with E-state index in [-0.39, 0.29) is 0 Å². The third-order valence-corrected chi connectivity index (χ3v) is 4.27. The fourth-order valence-corrected chi connectivity index (χ4v) is 3.36. The Balaban J connectivity index is 1.89. The topological polar surface area (TPSA) is 53.0 Å². The minimum atomic E-state index is 0.597. The highest BCUT2D eigenvalue weighted by molar-refractivity contribution is 5.74. The van der Waals surface area contributed by atoms with E-state index in [4.69, 9.17) is 11.0 Å². The summed E-state index contributed by atoms with van der Waals surface area (Å²) in [6.45, 7) is 2.23. The lowest BCUT2D eigenvalue weighted by Gasteiger charge is -2.21. The molecule has 2 aliphatic rings.